The molecule has 0 aromatic heterocycles. The fourth-order valence-corrected chi connectivity index (χ4v) is 3.40. The minimum Gasteiger partial charge on any atom is -0.481 e. The van der Waals surface area contributed by atoms with E-state index in [4.69, 9.17) is 24.9 Å². The van der Waals surface area contributed by atoms with Crippen LogP contribution >= 0.6 is 0 Å². The van der Waals surface area contributed by atoms with Gasteiger partial charge in [-0.05, 0) is 25.5 Å². The third-order valence-corrected chi connectivity index (χ3v) is 5.22. The highest BCUT2D eigenvalue weighted by atomic mass is 32.2. The molecular weight excluding hydrogens is 350 g/mol. The number of rotatable bonds is 2. The first kappa shape index (κ1) is 19.8. The minimum atomic E-state index is -4.02. The van der Waals surface area contributed by atoms with Crippen LogP contribution in [0.2, 0.25) is 0 Å². The van der Waals surface area contributed by atoms with Crippen molar-refractivity contribution in [1.82, 2.24) is 0 Å². The second kappa shape index (κ2) is 7.79. The van der Waals surface area contributed by atoms with Crippen LogP contribution in [0.15, 0.2) is 29.2 Å². The molecule has 1 aromatic carbocycles. The maximum atomic E-state index is 10.9. The molecule has 2 aliphatic rings. The number of hydrogen-bond acceptors (Lipinski definition) is 6. The topological polar surface area (TPSA) is 136 Å². The summed E-state index contributed by atoms with van der Waals surface area (Å²) in [5.74, 6) is -2.05. The van der Waals surface area contributed by atoms with E-state index >= 15 is 0 Å². The summed E-state index contributed by atoms with van der Waals surface area (Å²) in [5, 5.41) is 8.96. The quantitative estimate of drug-likeness (QED) is 0.658. The molecule has 1 aliphatic heterocycles. The summed E-state index contributed by atoms with van der Waals surface area (Å²) in [6.45, 7) is 2.96. The van der Waals surface area contributed by atoms with Gasteiger partial charge < -0.3 is 20.3 Å². The Balaban J connectivity index is 0.000000186. The molecule has 0 radical (unpaired) electrons. The van der Waals surface area contributed by atoms with E-state index in [1.807, 2.05) is 6.92 Å². The van der Waals surface area contributed by atoms with Crippen LogP contribution in [0.5, 0.6) is 0 Å². The van der Waals surface area contributed by atoms with Gasteiger partial charge in [0.05, 0.1) is 24.0 Å². The Hall–Kier alpha value is -1.52. The first-order valence-corrected chi connectivity index (χ1v) is 9.37. The van der Waals surface area contributed by atoms with Crippen LogP contribution in [0.3, 0.4) is 0 Å². The van der Waals surface area contributed by atoms with Crippen molar-refractivity contribution in [2.24, 2.45) is 11.7 Å². The maximum Gasteiger partial charge on any atom is 0.308 e. The molecule has 4 N–H and O–H groups in total. The van der Waals surface area contributed by atoms with E-state index in [1.165, 1.54) is 12.1 Å². The molecule has 140 valence electrons. The predicted octanol–water partition coefficient (Wildman–Crippen LogP) is 1.18. The summed E-state index contributed by atoms with van der Waals surface area (Å²) in [5.41, 5.74) is 6.69. The Bertz CT molecular complexity index is 696. The van der Waals surface area contributed by atoms with Crippen molar-refractivity contribution in [2.45, 2.75) is 42.9 Å². The van der Waals surface area contributed by atoms with Gasteiger partial charge in [-0.15, -0.1) is 0 Å². The molecule has 0 bridgehead atoms. The van der Waals surface area contributed by atoms with Gasteiger partial charge in [-0.3, -0.25) is 9.35 Å². The highest BCUT2D eigenvalue weighted by Crippen LogP contribution is 2.38. The monoisotopic (exact) mass is 373 g/mol. The van der Waals surface area contributed by atoms with Gasteiger partial charge in [-0.25, -0.2) is 0 Å². The van der Waals surface area contributed by atoms with Crippen LogP contribution in [0.25, 0.3) is 0 Å². The first-order valence-electron chi connectivity index (χ1n) is 7.93. The van der Waals surface area contributed by atoms with Crippen molar-refractivity contribution in [3.8, 4) is 0 Å². The zero-order chi connectivity index (χ0) is 18.7. The molecule has 9 heteroatoms. The number of nitrogens with two attached hydrogens (primary N) is 1. The molecule has 2 fully saturated rings. The van der Waals surface area contributed by atoms with Crippen LogP contribution in [-0.4, -0.2) is 49.1 Å². The van der Waals surface area contributed by atoms with E-state index in [9.17, 15) is 13.2 Å². The predicted molar refractivity (Wildman–Crippen MR) is 88.6 cm³/mol. The minimum absolute atomic E-state index is 0.0666. The summed E-state index contributed by atoms with van der Waals surface area (Å²) < 4.78 is 40.5. The molecule has 3 rings (SSSR count). The van der Waals surface area contributed by atoms with Gasteiger partial charge in [-0.2, -0.15) is 8.42 Å². The van der Waals surface area contributed by atoms with Gasteiger partial charge in [-0.1, -0.05) is 17.7 Å². The molecule has 8 nitrogen and oxygen atoms in total. The number of carbonyl (C=O) groups is 1. The summed E-state index contributed by atoms with van der Waals surface area (Å²) in [6.07, 6.45) is 1.73. The average Bonchev–Trinajstić information content (AvgIpc) is 2.98. The van der Waals surface area contributed by atoms with Gasteiger partial charge in [0, 0.05) is 18.9 Å². The maximum absolute atomic E-state index is 10.9. The van der Waals surface area contributed by atoms with E-state index in [2.05, 4.69) is 0 Å². The molecule has 1 heterocycles. The fraction of sp³-hybridized carbons (Fsp3) is 0.562. The van der Waals surface area contributed by atoms with E-state index in [-0.39, 0.29) is 10.9 Å². The molecule has 1 saturated carbocycles. The van der Waals surface area contributed by atoms with Gasteiger partial charge in [0.25, 0.3) is 10.1 Å². The summed E-state index contributed by atoms with van der Waals surface area (Å²) >= 11 is 0. The number of carboxylic acids is 1. The standard InChI is InChI=1S/C9H15NO4.C7H8O3S/c10-7-1-2-9(13-3-4-14-9)5-6(7)8(11)12;1-6-2-4-7(5-3-6)11(8,9)10/h6-7H,1-5,10H2,(H,11,12);2-5H,1H3,(H,8,9,10). The number of aryl methyl sites for hydroxylation is 1. The molecule has 1 spiro atoms. The summed E-state index contributed by atoms with van der Waals surface area (Å²) in [6, 6.07) is 5.72. The molecule has 1 aromatic rings. The van der Waals surface area contributed by atoms with Crippen molar-refractivity contribution in [3.63, 3.8) is 0 Å². The van der Waals surface area contributed by atoms with Crippen LogP contribution < -0.4 is 5.73 Å². The zero-order valence-corrected chi connectivity index (χ0v) is 14.7. The largest absolute Gasteiger partial charge is 0.481 e. The Kier molecular flexibility index (Phi) is 6.17. The smallest absolute Gasteiger partial charge is 0.308 e. The van der Waals surface area contributed by atoms with Crippen LogP contribution in [0, 0.1) is 12.8 Å². The van der Waals surface area contributed by atoms with Crippen molar-refractivity contribution in [3.05, 3.63) is 29.8 Å². The molecule has 2 atom stereocenters. The number of benzene rings is 1. The van der Waals surface area contributed by atoms with Crippen LogP contribution in [-0.2, 0) is 24.4 Å². The Morgan fingerprint density at radius 1 is 1.24 bits per heavy atom. The Morgan fingerprint density at radius 2 is 1.80 bits per heavy atom. The molecule has 2 unspecified atom stereocenters. The zero-order valence-electron chi connectivity index (χ0n) is 13.9. The third kappa shape index (κ3) is 5.23. The van der Waals surface area contributed by atoms with Gasteiger partial charge in [0.15, 0.2) is 5.79 Å². The van der Waals surface area contributed by atoms with Crippen molar-refractivity contribution in [1.29, 1.82) is 0 Å². The van der Waals surface area contributed by atoms with Gasteiger partial charge >= 0.3 is 5.97 Å². The Labute approximate surface area is 146 Å². The lowest BCUT2D eigenvalue weighted by atomic mass is 9.81. The number of aliphatic carboxylic acids is 1. The second-order valence-corrected chi connectivity index (χ2v) is 7.67. The normalized spacial score (nSPS) is 25.2. The lowest BCUT2D eigenvalue weighted by Crippen LogP contribution is -2.48. The van der Waals surface area contributed by atoms with Crippen LogP contribution in [0.1, 0.15) is 24.8 Å². The molecule has 0 amide bonds. The van der Waals surface area contributed by atoms with Gasteiger partial charge in [0.1, 0.15) is 0 Å². The number of ether oxygens (including phenoxy) is 2. The van der Waals surface area contributed by atoms with E-state index < -0.39 is 27.8 Å². The number of carboxylic acid groups (broad SMARTS) is 1. The Morgan fingerprint density at radius 3 is 2.28 bits per heavy atom. The van der Waals surface area contributed by atoms with Gasteiger partial charge in [0.2, 0.25) is 0 Å². The molecule has 1 aliphatic carbocycles. The third-order valence-electron chi connectivity index (χ3n) is 4.36. The fourth-order valence-electron chi connectivity index (χ4n) is 2.92. The highest BCUT2D eigenvalue weighted by Gasteiger charge is 2.46. The first-order chi connectivity index (χ1) is 11.6. The lowest BCUT2D eigenvalue weighted by Gasteiger charge is -2.37. The van der Waals surface area contributed by atoms with Crippen LogP contribution in [0.4, 0.5) is 0 Å². The van der Waals surface area contributed by atoms with Crippen molar-refractivity contribution >= 4 is 16.1 Å². The van der Waals surface area contributed by atoms with Crippen molar-refractivity contribution in [2.75, 3.05) is 13.2 Å². The highest BCUT2D eigenvalue weighted by molar-refractivity contribution is 7.85. The average molecular weight is 373 g/mol. The number of hydrogen-bond donors (Lipinski definition) is 3. The lowest BCUT2D eigenvalue weighted by molar-refractivity contribution is -0.195. The van der Waals surface area contributed by atoms with E-state index in [1.54, 1.807) is 12.1 Å². The van der Waals surface area contributed by atoms with Crippen molar-refractivity contribution < 1.29 is 32.3 Å². The van der Waals surface area contributed by atoms with E-state index in [0.29, 0.717) is 32.5 Å². The summed E-state index contributed by atoms with van der Waals surface area (Å²) in [4.78, 5) is 10.8. The van der Waals surface area contributed by atoms with E-state index in [0.717, 1.165) is 5.56 Å². The molecule has 1 saturated heterocycles. The SMILES string of the molecule is Cc1ccc(S(=O)(=O)O)cc1.NC1CCC2(CC1C(=O)O)OCCO2. The molecule has 25 heavy (non-hydrogen) atoms. The second-order valence-electron chi connectivity index (χ2n) is 6.25. The molecular formula is C16H23NO7S. The summed E-state index contributed by atoms with van der Waals surface area (Å²) in [7, 11) is -4.02.